The fourth-order valence-electron chi connectivity index (χ4n) is 3.15. The zero-order valence-electron chi connectivity index (χ0n) is 12.9. The van der Waals surface area contributed by atoms with Gasteiger partial charge in [0.2, 0.25) is 0 Å². The summed E-state index contributed by atoms with van der Waals surface area (Å²) in [6, 6.07) is 0.284. The first kappa shape index (κ1) is 14.5. The molecule has 4 rings (SSSR count). The molecule has 0 saturated carbocycles. The van der Waals surface area contributed by atoms with Crippen molar-refractivity contribution in [2.24, 2.45) is 0 Å². The van der Waals surface area contributed by atoms with E-state index < -0.39 is 0 Å². The van der Waals surface area contributed by atoms with E-state index in [1.807, 2.05) is 24.8 Å². The lowest BCUT2D eigenvalue weighted by Crippen LogP contribution is -2.24. The Morgan fingerprint density at radius 3 is 2.96 bits per heavy atom. The van der Waals surface area contributed by atoms with Crippen LogP contribution < -0.4 is 0 Å². The van der Waals surface area contributed by atoms with E-state index in [0.717, 1.165) is 42.4 Å². The van der Waals surface area contributed by atoms with E-state index in [1.165, 1.54) is 11.3 Å². The maximum Gasteiger partial charge on any atom is 0.158 e. The molecule has 3 aromatic rings. The van der Waals surface area contributed by atoms with Gasteiger partial charge in [0.1, 0.15) is 5.69 Å². The third kappa shape index (κ3) is 2.89. The zero-order chi connectivity index (χ0) is 15.6. The van der Waals surface area contributed by atoms with Crippen molar-refractivity contribution in [1.29, 1.82) is 0 Å². The second kappa shape index (κ2) is 6.17. The number of imidazole rings is 1. The molecule has 0 aliphatic carbocycles. The molecule has 6 nitrogen and oxygen atoms in total. The minimum Gasteiger partial charge on any atom is -0.341 e. The first-order valence-electron chi connectivity index (χ1n) is 7.75. The summed E-state index contributed by atoms with van der Waals surface area (Å²) in [6.07, 6.45) is 9.57. The van der Waals surface area contributed by atoms with Crippen molar-refractivity contribution < 1.29 is 0 Å². The highest BCUT2D eigenvalue weighted by atomic mass is 32.1. The van der Waals surface area contributed by atoms with Crippen LogP contribution in [0.1, 0.15) is 35.1 Å². The maximum atomic E-state index is 4.65. The van der Waals surface area contributed by atoms with Crippen LogP contribution in [-0.2, 0) is 6.54 Å². The number of rotatable bonds is 4. The Bertz CT molecular complexity index is 781. The molecule has 0 bridgehead atoms. The van der Waals surface area contributed by atoms with Gasteiger partial charge >= 0.3 is 0 Å². The SMILES string of the molecule is Cc1cnc(-c2nccnc2C2CCCN2Cc2cncs2)[nH]1. The third-order valence-corrected chi connectivity index (χ3v) is 4.94. The van der Waals surface area contributed by atoms with E-state index in [4.69, 9.17) is 0 Å². The standard InChI is InChI=1S/C16H18N6S/c1-11-7-20-16(21-11)15-14(18-4-5-19-15)13-3-2-6-22(13)9-12-8-17-10-23-12/h4-5,7-8,10,13H,2-3,6,9H2,1H3,(H,20,21). The van der Waals surface area contributed by atoms with Crippen molar-refractivity contribution in [2.75, 3.05) is 6.54 Å². The molecule has 1 N–H and O–H groups in total. The first-order chi connectivity index (χ1) is 11.3. The molecule has 1 unspecified atom stereocenters. The number of hydrogen-bond acceptors (Lipinski definition) is 6. The molecule has 118 valence electrons. The smallest absolute Gasteiger partial charge is 0.158 e. The van der Waals surface area contributed by atoms with E-state index in [9.17, 15) is 0 Å². The number of likely N-dealkylation sites (tertiary alicyclic amines) is 1. The summed E-state index contributed by atoms with van der Waals surface area (Å²) in [7, 11) is 0. The normalized spacial score (nSPS) is 18.6. The topological polar surface area (TPSA) is 70.6 Å². The van der Waals surface area contributed by atoms with Crippen LogP contribution in [0.25, 0.3) is 11.5 Å². The highest BCUT2D eigenvalue weighted by Gasteiger charge is 2.30. The van der Waals surface area contributed by atoms with Crippen LogP contribution in [0.15, 0.2) is 30.3 Å². The van der Waals surface area contributed by atoms with Gasteiger partial charge in [-0.2, -0.15) is 0 Å². The van der Waals surface area contributed by atoms with Crippen molar-refractivity contribution in [3.8, 4) is 11.5 Å². The van der Waals surface area contributed by atoms with Gasteiger partial charge in [-0.25, -0.2) is 9.97 Å². The summed E-state index contributed by atoms with van der Waals surface area (Å²) in [5.41, 5.74) is 4.80. The molecule has 1 saturated heterocycles. The average molecular weight is 326 g/mol. The molecular formula is C16H18N6S. The molecule has 1 aliphatic rings. The summed E-state index contributed by atoms with van der Waals surface area (Å²) >= 11 is 1.70. The van der Waals surface area contributed by atoms with Crippen LogP contribution >= 0.6 is 11.3 Å². The van der Waals surface area contributed by atoms with Gasteiger partial charge in [-0.15, -0.1) is 11.3 Å². The van der Waals surface area contributed by atoms with Gasteiger partial charge in [0.15, 0.2) is 5.82 Å². The Labute approximate surface area is 138 Å². The Morgan fingerprint density at radius 1 is 1.26 bits per heavy atom. The molecule has 1 aliphatic heterocycles. The Hall–Kier alpha value is -2.12. The predicted molar refractivity (Wildman–Crippen MR) is 88.8 cm³/mol. The number of aromatic nitrogens is 5. The Balaban J connectivity index is 1.66. The van der Waals surface area contributed by atoms with Gasteiger partial charge in [-0.3, -0.25) is 14.9 Å². The summed E-state index contributed by atoms with van der Waals surface area (Å²) in [6.45, 7) is 4.00. The van der Waals surface area contributed by atoms with Crippen LogP contribution in [0.5, 0.6) is 0 Å². The minimum absolute atomic E-state index is 0.284. The number of nitrogens with zero attached hydrogens (tertiary/aromatic N) is 5. The molecular weight excluding hydrogens is 308 g/mol. The molecule has 4 heterocycles. The summed E-state index contributed by atoms with van der Waals surface area (Å²) in [4.78, 5) is 24.8. The van der Waals surface area contributed by atoms with Crippen LogP contribution in [0.2, 0.25) is 0 Å². The van der Waals surface area contributed by atoms with Gasteiger partial charge in [-0.1, -0.05) is 0 Å². The molecule has 0 radical (unpaired) electrons. The molecule has 0 aromatic carbocycles. The molecule has 7 heteroatoms. The number of H-pyrrole nitrogens is 1. The monoisotopic (exact) mass is 326 g/mol. The fraction of sp³-hybridized carbons (Fsp3) is 0.375. The summed E-state index contributed by atoms with van der Waals surface area (Å²) in [5, 5.41) is 0. The van der Waals surface area contributed by atoms with Gasteiger partial charge in [-0.05, 0) is 26.3 Å². The minimum atomic E-state index is 0.284. The fourth-order valence-corrected chi connectivity index (χ4v) is 3.77. The highest BCUT2D eigenvalue weighted by Crippen LogP contribution is 2.35. The van der Waals surface area contributed by atoms with Crippen LogP contribution in [0.3, 0.4) is 0 Å². The molecule has 0 amide bonds. The highest BCUT2D eigenvalue weighted by molar-refractivity contribution is 7.09. The number of aryl methyl sites for hydroxylation is 1. The lowest BCUT2D eigenvalue weighted by Gasteiger charge is -2.24. The van der Waals surface area contributed by atoms with Crippen molar-refractivity contribution >= 4 is 11.3 Å². The van der Waals surface area contributed by atoms with Crippen molar-refractivity contribution in [2.45, 2.75) is 32.4 Å². The lowest BCUT2D eigenvalue weighted by molar-refractivity contribution is 0.246. The summed E-state index contributed by atoms with van der Waals surface area (Å²) in [5.74, 6) is 0.801. The first-order valence-corrected chi connectivity index (χ1v) is 8.63. The second-order valence-electron chi connectivity index (χ2n) is 5.80. The van der Waals surface area contributed by atoms with Gasteiger partial charge < -0.3 is 4.98 Å². The van der Waals surface area contributed by atoms with Gasteiger partial charge in [0.05, 0.1) is 17.2 Å². The maximum absolute atomic E-state index is 4.65. The van der Waals surface area contributed by atoms with Crippen LogP contribution in [0.4, 0.5) is 0 Å². The van der Waals surface area contributed by atoms with Crippen LogP contribution in [-0.4, -0.2) is 36.4 Å². The largest absolute Gasteiger partial charge is 0.341 e. The van der Waals surface area contributed by atoms with Crippen LogP contribution in [0, 0.1) is 6.92 Å². The third-order valence-electron chi connectivity index (χ3n) is 4.18. The van der Waals surface area contributed by atoms with E-state index in [0.29, 0.717) is 0 Å². The number of hydrogen-bond donors (Lipinski definition) is 1. The number of nitrogens with one attached hydrogen (secondary N) is 1. The number of aromatic amines is 1. The Morgan fingerprint density at radius 2 is 2.17 bits per heavy atom. The van der Waals surface area contributed by atoms with Gasteiger partial charge in [0.25, 0.3) is 0 Å². The van der Waals surface area contributed by atoms with E-state index in [-0.39, 0.29) is 6.04 Å². The van der Waals surface area contributed by atoms with Crippen molar-refractivity contribution in [3.05, 3.63) is 46.6 Å². The van der Waals surface area contributed by atoms with E-state index in [1.54, 1.807) is 23.7 Å². The van der Waals surface area contributed by atoms with Crippen molar-refractivity contribution in [1.82, 2.24) is 29.8 Å². The summed E-state index contributed by atoms with van der Waals surface area (Å²) < 4.78 is 0. The Kier molecular flexibility index (Phi) is 3.88. The second-order valence-corrected chi connectivity index (χ2v) is 6.77. The lowest BCUT2D eigenvalue weighted by atomic mass is 10.1. The molecule has 23 heavy (non-hydrogen) atoms. The molecule has 1 atom stereocenters. The molecule has 0 spiro atoms. The van der Waals surface area contributed by atoms with E-state index >= 15 is 0 Å². The predicted octanol–water partition coefficient (Wildman–Crippen LogP) is 2.97. The quantitative estimate of drug-likeness (QED) is 0.798. The number of thiazole rings is 1. The zero-order valence-corrected chi connectivity index (χ0v) is 13.8. The van der Waals surface area contributed by atoms with Gasteiger partial charge in [0, 0.05) is 41.9 Å². The van der Waals surface area contributed by atoms with Crippen molar-refractivity contribution in [3.63, 3.8) is 0 Å². The molecule has 1 fully saturated rings. The average Bonchev–Trinajstić information content (AvgIpc) is 3.30. The molecule has 3 aromatic heterocycles. The van der Waals surface area contributed by atoms with E-state index in [2.05, 4.69) is 29.8 Å².